The highest BCUT2D eigenvalue weighted by Gasteiger charge is 2.18. The number of carboxylic acid groups (broad SMARTS) is 1. The topological polar surface area (TPSA) is 71.5 Å². The van der Waals surface area contributed by atoms with Crippen LogP contribution < -0.4 is 5.32 Å². The Morgan fingerprint density at radius 2 is 2.44 bits per heavy atom. The average molecular weight is 250 g/mol. The van der Waals surface area contributed by atoms with Crippen molar-refractivity contribution in [2.45, 2.75) is 38.5 Å². The lowest BCUT2D eigenvalue weighted by molar-refractivity contribution is 0.0130. The van der Waals surface area contributed by atoms with E-state index in [0.29, 0.717) is 12.6 Å². The standard InChI is InChI=1S/C13H18N2O3/c1-9-7-10(5-6-18-9)14-8-11-3-2-4-12(15-11)13(16)17/h2-4,9-10,14H,5-8H2,1H3,(H,16,17). The molecule has 18 heavy (non-hydrogen) atoms. The van der Waals surface area contributed by atoms with Gasteiger partial charge >= 0.3 is 5.97 Å². The second-order valence-electron chi connectivity index (χ2n) is 4.60. The van der Waals surface area contributed by atoms with Crippen LogP contribution in [0.15, 0.2) is 18.2 Å². The summed E-state index contributed by atoms with van der Waals surface area (Å²) in [6.45, 7) is 3.44. The van der Waals surface area contributed by atoms with E-state index in [0.717, 1.165) is 25.1 Å². The van der Waals surface area contributed by atoms with Gasteiger partial charge in [-0.05, 0) is 31.9 Å². The molecule has 1 fully saturated rings. The molecule has 1 aromatic heterocycles. The van der Waals surface area contributed by atoms with E-state index in [9.17, 15) is 4.79 Å². The van der Waals surface area contributed by atoms with Crippen LogP contribution >= 0.6 is 0 Å². The van der Waals surface area contributed by atoms with E-state index in [1.165, 1.54) is 6.07 Å². The van der Waals surface area contributed by atoms with Gasteiger partial charge in [0, 0.05) is 19.2 Å². The van der Waals surface area contributed by atoms with E-state index in [1.807, 2.05) is 6.07 Å². The highest BCUT2D eigenvalue weighted by molar-refractivity contribution is 5.85. The van der Waals surface area contributed by atoms with E-state index in [1.54, 1.807) is 6.07 Å². The number of ether oxygens (including phenoxy) is 1. The van der Waals surface area contributed by atoms with Gasteiger partial charge in [0.2, 0.25) is 0 Å². The largest absolute Gasteiger partial charge is 0.477 e. The smallest absolute Gasteiger partial charge is 0.354 e. The Hall–Kier alpha value is -1.46. The molecule has 0 bridgehead atoms. The molecule has 1 saturated heterocycles. The monoisotopic (exact) mass is 250 g/mol. The summed E-state index contributed by atoms with van der Waals surface area (Å²) < 4.78 is 5.48. The van der Waals surface area contributed by atoms with Crippen LogP contribution in [-0.4, -0.2) is 34.8 Å². The highest BCUT2D eigenvalue weighted by atomic mass is 16.5. The first-order valence-corrected chi connectivity index (χ1v) is 6.19. The average Bonchev–Trinajstić information content (AvgIpc) is 2.37. The molecule has 5 nitrogen and oxygen atoms in total. The minimum atomic E-state index is -0.989. The fraction of sp³-hybridized carbons (Fsp3) is 0.538. The first-order valence-electron chi connectivity index (χ1n) is 6.19. The van der Waals surface area contributed by atoms with Gasteiger partial charge in [-0.15, -0.1) is 0 Å². The number of hydrogen-bond acceptors (Lipinski definition) is 4. The molecule has 0 radical (unpaired) electrons. The van der Waals surface area contributed by atoms with Gasteiger partial charge in [0.1, 0.15) is 5.69 Å². The predicted molar refractivity (Wildman–Crippen MR) is 66.5 cm³/mol. The lowest BCUT2D eigenvalue weighted by Crippen LogP contribution is -2.37. The molecule has 1 aliphatic heterocycles. The lowest BCUT2D eigenvalue weighted by atomic mass is 10.0. The maximum absolute atomic E-state index is 10.8. The van der Waals surface area contributed by atoms with Gasteiger partial charge in [0.25, 0.3) is 0 Å². The zero-order valence-corrected chi connectivity index (χ0v) is 10.4. The molecule has 2 unspecified atom stereocenters. The number of carbonyl (C=O) groups is 1. The van der Waals surface area contributed by atoms with Crippen molar-refractivity contribution in [3.63, 3.8) is 0 Å². The third-order valence-corrected chi connectivity index (χ3v) is 3.08. The maximum Gasteiger partial charge on any atom is 0.354 e. The molecule has 0 spiro atoms. The van der Waals surface area contributed by atoms with Crippen molar-refractivity contribution in [1.82, 2.24) is 10.3 Å². The second kappa shape index (κ2) is 5.93. The third-order valence-electron chi connectivity index (χ3n) is 3.08. The van der Waals surface area contributed by atoms with Crippen LogP contribution in [0.5, 0.6) is 0 Å². The molecule has 0 aliphatic carbocycles. The molecule has 1 aromatic rings. The van der Waals surface area contributed by atoms with E-state index >= 15 is 0 Å². The van der Waals surface area contributed by atoms with Crippen molar-refractivity contribution in [1.29, 1.82) is 0 Å². The summed E-state index contributed by atoms with van der Waals surface area (Å²) in [6, 6.07) is 5.48. The number of pyridine rings is 1. The van der Waals surface area contributed by atoms with Gasteiger partial charge in [-0.3, -0.25) is 0 Å². The van der Waals surface area contributed by atoms with Crippen molar-refractivity contribution in [3.8, 4) is 0 Å². The van der Waals surface area contributed by atoms with Gasteiger partial charge < -0.3 is 15.2 Å². The molecule has 98 valence electrons. The lowest BCUT2D eigenvalue weighted by Gasteiger charge is -2.27. The van der Waals surface area contributed by atoms with Gasteiger partial charge in [-0.1, -0.05) is 6.07 Å². The number of aromatic nitrogens is 1. The highest BCUT2D eigenvalue weighted by Crippen LogP contribution is 2.13. The Morgan fingerprint density at radius 1 is 1.61 bits per heavy atom. The Bertz CT molecular complexity index is 422. The molecule has 5 heteroatoms. The van der Waals surface area contributed by atoms with Crippen LogP contribution in [0.25, 0.3) is 0 Å². The molecule has 1 aliphatic rings. The predicted octanol–water partition coefficient (Wildman–Crippen LogP) is 1.44. The van der Waals surface area contributed by atoms with Crippen LogP contribution in [-0.2, 0) is 11.3 Å². The van der Waals surface area contributed by atoms with Crippen LogP contribution in [0.3, 0.4) is 0 Å². The summed E-state index contributed by atoms with van der Waals surface area (Å²) >= 11 is 0. The van der Waals surface area contributed by atoms with E-state index in [4.69, 9.17) is 9.84 Å². The minimum Gasteiger partial charge on any atom is -0.477 e. The number of hydrogen-bond donors (Lipinski definition) is 2. The Balaban J connectivity index is 1.89. The number of nitrogens with zero attached hydrogens (tertiary/aromatic N) is 1. The third kappa shape index (κ3) is 3.51. The Labute approximate surface area is 106 Å². The summed E-state index contributed by atoms with van der Waals surface area (Å²) in [5.74, 6) is -0.989. The van der Waals surface area contributed by atoms with Crippen molar-refractivity contribution in [3.05, 3.63) is 29.6 Å². The molecule has 0 amide bonds. The number of nitrogens with one attached hydrogen (secondary N) is 1. The van der Waals surface area contributed by atoms with Gasteiger partial charge in [-0.25, -0.2) is 9.78 Å². The van der Waals surface area contributed by atoms with Crippen molar-refractivity contribution in [2.75, 3.05) is 6.61 Å². The number of rotatable bonds is 4. The summed E-state index contributed by atoms with van der Waals surface area (Å²) in [7, 11) is 0. The zero-order chi connectivity index (χ0) is 13.0. The van der Waals surface area contributed by atoms with Gasteiger partial charge in [0.15, 0.2) is 0 Å². The van der Waals surface area contributed by atoms with Crippen LogP contribution in [0, 0.1) is 0 Å². The number of aromatic carboxylic acids is 1. The summed E-state index contributed by atoms with van der Waals surface area (Å²) in [4.78, 5) is 14.9. The van der Waals surface area contributed by atoms with Gasteiger partial charge in [-0.2, -0.15) is 0 Å². The van der Waals surface area contributed by atoms with E-state index in [2.05, 4.69) is 17.2 Å². The second-order valence-corrected chi connectivity index (χ2v) is 4.60. The fourth-order valence-corrected chi connectivity index (χ4v) is 2.13. The zero-order valence-electron chi connectivity index (χ0n) is 10.4. The first-order chi connectivity index (χ1) is 8.65. The molecule has 0 aromatic carbocycles. The summed E-state index contributed by atoms with van der Waals surface area (Å²) in [5, 5.41) is 12.3. The number of carboxylic acids is 1. The minimum absolute atomic E-state index is 0.0923. The van der Waals surface area contributed by atoms with Crippen LogP contribution in [0.4, 0.5) is 0 Å². The van der Waals surface area contributed by atoms with Gasteiger partial charge in [0.05, 0.1) is 11.8 Å². The summed E-state index contributed by atoms with van der Waals surface area (Å²) in [5.41, 5.74) is 0.851. The quantitative estimate of drug-likeness (QED) is 0.846. The molecule has 2 atom stereocenters. The molecule has 2 heterocycles. The van der Waals surface area contributed by atoms with Crippen LogP contribution in [0.2, 0.25) is 0 Å². The molecule has 0 saturated carbocycles. The Morgan fingerprint density at radius 3 is 3.17 bits per heavy atom. The maximum atomic E-state index is 10.8. The van der Waals surface area contributed by atoms with Crippen molar-refractivity contribution < 1.29 is 14.6 Å². The van der Waals surface area contributed by atoms with Crippen molar-refractivity contribution in [2.24, 2.45) is 0 Å². The molecular formula is C13H18N2O3. The normalized spacial score (nSPS) is 23.8. The fourth-order valence-electron chi connectivity index (χ4n) is 2.13. The van der Waals surface area contributed by atoms with Crippen LogP contribution in [0.1, 0.15) is 35.9 Å². The molecule has 2 rings (SSSR count). The van der Waals surface area contributed by atoms with E-state index < -0.39 is 5.97 Å². The summed E-state index contributed by atoms with van der Waals surface area (Å²) in [6.07, 6.45) is 2.26. The molecule has 2 N–H and O–H groups in total. The SMILES string of the molecule is CC1CC(NCc2cccc(C(=O)O)n2)CCO1. The van der Waals surface area contributed by atoms with E-state index in [-0.39, 0.29) is 11.8 Å². The Kier molecular flexibility index (Phi) is 4.28. The first kappa shape index (κ1) is 13.0. The van der Waals surface area contributed by atoms with Crippen molar-refractivity contribution >= 4 is 5.97 Å². The molecular weight excluding hydrogens is 232 g/mol.